The summed E-state index contributed by atoms with van der Waals surface area (Å²) >= 11 is 0. The third-order valence-electron chi connectivity index (χ3n) is 4.29. The zero-order chi connectivity index (χ0) is 20.7. The molecular formula is C22H25NO5. The molecule has 2 rings (SSSR count). The van der Waals surface area contributed by atoms with Crippen LogP contribution in [0.1, 0.15) is 45.7 Å². The minimum absolute atomic E-state index is 0.313. The fraction of sp³-hybridized carbons (Fsp3) is 0.318. The summed E-state index contributed by atoms with van der Waals surface area (Å²) in [6.45, 7) is 7.47. The van der Waals surface area contributed by atoms with Crippen LogP contribution in [-0.4, -0.2) is 36.9 Å². The maximum Gasteiger partial charge on any atom is 0.326 e. The lowest BCUT2D eigenvalue weighted by Crippen LogP contribution is -2.34. The van der Waals surface area contributed by atoms with Crippen molar-refractivity contribution < 1.29 is 23.9 Å². The van der Waals surface area contributed by atoms with Crippen molar-refractivity contribution in [3.63, 3.8) is 0 Å². The van der Waals surface area contributed by atoms with Gasteiger partial charge in [-0.2, -0.15) is 0 Å². The van der Waals surface area contributed by atoms with E-state index in [2.05, 4.69) is 5.32 Å². The second-order valence-corrected chi connectivity index (χ2v) is 6.44. The Morgan fingerprint density at radius 1 is 0.964 bits per heavy atom. The summed E-state index contributed by atoms with van der Waals surface area (Å²) < 4.78 is 10.5. The molecule has 6 heteroatoms. The van der Waals surface area contributed by atoms with Crippen molar-refractivity contribution in [3.8, 4) is 5.75 Å². The van der Waals surface area contributed by atoms with E-state index in [-0.39, 0.29) is 18.2 Å². The zero-order valence-electron chi connectivity index (χ0n) is 16.6. The average Bonchev–Trinajstić information content (AvgIpc) is 2.68. The molecule has 0 fully saturated rings. The molecule has 0 aliphatic rings. The van der Waals surface area contributed by atoms with Crippen molar-refractivity contribution in [2.45, 2.75) is 33.8 Å². The van der Waals surface area contributed by atoms with Gasteiger partial charge in [0.2, 0.25) is 5.78 Å². The summed E-state index contributed by atoms with van der Waals surface area (Å²) in [6.07, 6.45) is -0.955. The lowest BCUT2D eigenvalue weighted by molar-refractivity contribution is -0.145. The van der Waals surface area contributed by atoms with Crippen LogP contribution >= 0.6 is 0 Å². The molecule has 6 nitrogen and oxygen atoms in total. The van der Waals surface area contributed by atoms with E-state index in [1.165, 1.54) is 6.92 Å². The van der Waals surface area contributed by atoms with Gasteiger partial charge >= 0.3 is 5.97 Å². The Balaban J connectivity index is 1.86. The molecule has 0 aromatic heterocycles. The summed E-state index contributed by atoms with van der Waals surface area (Å²) in [5.41, 5.74) is 2.96. The summed E-state index contributed by atoms with van der Waals surface area (Å²) in [6, 6.07) is 11.9. The third kappa shape index (κ3) is 5.67. The Labute approximate surface area is 164 Å². The minimum atomic E-state index is -0.955. The minimum Gasteiger partial charge on any atom is -0.494 e. The molecule has 0 aliphatic heterocycles. The SMILES string of the molecule is CCOc1ccc(C(=O)[C@H](C)OC(=O)CNC(=O)c2ccc(C)c(C)c2)cc1. The van der Waals surface area contributed by atoms with Crippen LogP contribution in [0.2, 0.25) is 0 Å². The molecule has 1 N–H and O–H groups in total. The van der Waals surface area contributed by atoms with Crippen molar-refractivity contribution in [3.05, 3.63) is 64.7 Å². The number of esters is 1. The van der Waals surface area contributed by atoms with Crippen molar-refractivity contribution in [1.29, 1.82) is 0 Å². The van der Waals surface area contributed by atoms with Gasteiger partial charge in [-0.15, -0.1) is 0 Å². The molecule has 0 spiro atoms. The highest BCUT2D eigenvalue weighted by Crippen LogP contribution is 2.14. The van der Waals surface area contributed by atoms with Crippen LogP contribution in [0.15, 0.2) is 42.5 Å². The number of ether oxygens (including phenoxy) is 2. The van der Waals surface area contributed by atoms with E-state index in [0.717, 1.165) is 11.1 Å². The first-order chi connectivity index (χ1) is 13.3. The highest BCUT2D eigenvalue weighted by atomic mass is 16.5. The largest absolute Gasteiger partial charge is 0.494 e. The smallest absolute Gasteiger partial charge is 0.326 e. The highest BCUT2D eigenvalue weighted by molar-refractivity contribution is 6.00. The quantitative estimate of drug-likeness (QED) is 0.559. The van der Waals surface area contributed by atoms with Gasteiger partial charge in [-0.3, -0.25) is 14.4 Å². The number of ketones is 1. The molecule has 0 unspecified atom stereocenters. The van der Waals surface area contributed by atoms with Crippen molar-refractivity contribution >= 4 is 17.7 Å². The number of hydrogen-bond donors (Lipinski definition) is 1. The third-order valence-corrected chi connectivity index (χ3v) is 4.29. The van der Waals surface area contributed by atoms with Gasteiger partial charge in [0.25, 0.3) is 5.91 Å². The van der Waals surface area contributed by atoms with Crippen LogP contribution in [-0.2, 0) is 9.53 Å². The summed E-state index contributed by atoms with van der Waals surface area (Å²) in [5, 5.41) is 2.51. The Hall–Kier alpha value is -3.15. The average molecular weight is 383 g/mol. The topological polar surface area (TPSA) is 81.7 Å². The van der Waals surface area contributed by atoms with E-state index in [1.54, 1.807) is 36.4 Å². The predicted molar refractivity (Wildman–Crippen MR) is 106 cm³/mol. The number of amides is 1. The lowest BCUT2D eigenvalue weighted by Gasteiger charge is -2.13. The molecule has 0 aliphatic carbocycles. The molecule has 2 aromatic carbocycles. The first-order valence-electron chi connectivity index (χ1n) is 9.13. The van der Waals surface area contributed by atoms with Crippen LogP contribution in [0.5, 0.6) is 5.75 Å². The molecule has 28 heavy (non-hydrogen) atoms. The van der Waals surface area contributed by atoms with E-state index in [0.29, 0.717) is 23.5 Å². The monoisotopic (exact) mass is 383 g/mol. The van der Waals surface area contributed by atoms with Gasteiger partial charge in [0, 0.05) is 11.1 Å². The molecule has 2 aromatic rings. The number of Topliss-reactive ketones (excluding diaryl/α,β-unsaturated/α-hetero) is 1. The first-order valence-corrected chi connectivity index (χ1v) is 9.13. The standard InChI is InChI=1S/C22H25NO5/c1-5-27-19-10-8-17(9-11-19)21(25)16(4)28-20(24)13-23-22(26)18-7-6-14(2)15(3)12-18/h6-12,16H,5,13H2,1-4H3,(H,23,26)/t16-/m0/s1. The number of nitrogens with one attached hydrogen (secondary N) is 1. The lowest BCUT2D eigenvalue weighted by atomic mass is 10.1. The Kier molecular flexibility index (Phi) is 7.32. The molecule has 0 heterocycles. The van der Waals surface area contributed by atoms with Crippen LogP contribution in [0.3, 0.4) is 0 Å². The number of hydrogen-bond acceptors (Lipinski definition) is 5. The van der Waals surface area contributed by atoms with Crippen molar-refractivity contribution in [1.82, 2.24) is 5.32 Å². The molecule has 0 saturated carbocycles. The molecule has 1 amide bonds. The summed E-state index contributed by atoms with van der Waals surface area (Å²) in [7, 11) is 0. The number of aryl methyl sites for hydroxylation is 2. The number of carbonyl (C=O) groups excluding carboxylic acids is 3. The second kappa shape index (κ2) is 9.69. The Bertz CT molecular complexity index is 858. The first kappa shape index (κ1) is 21.2. The van der Waals surface area contributed by atoms with Crippen molar-refractivity contribution in [2.24, 2.45) is 0 Å². The second-order valence-electron chi connectivity index (χ2n) is 6.44. The van der Waals surface area contributed by atoms with Crippen molar-refractivity contribution in [2.75, 3.05) is 13.2 Å². The fourth-order valence-corrected chi connectivity index (χ4v) is 2.55. The van der Waals surface area contributed by atoms with Crippen LogP contribution in [0, 0.1) is 13.8 Å². The van der Waals surface area contributed by atoms with Crippen LogP contribution in [0.25, 0.3) is 0 Å². The van der Waals surface area contributed by atoms with E-state index >= 15 is 0 Å². The normalized spacial score (nSPS) is 11.4. The van der Waals surface area contributed by atoms with E-state index in [4.69, 9.17) is 9.47 Å². The Morgan fingerprint density at radius 3 is 2.21 bits per heavy atom. The van der Waals surface area contributed by atoms with E-state index in [9.17, 15) is 14.4 Å². The fourth-order valence-electron chi connectivity index (χ4n) is 2.55. The summed E-state index contributed by atoms with van der Waals surface area (Å²) in [5.74, 6) is -0.704. The zero-order valence-corrected chi connectivity index (χ0v) is 16.6. The molecule has 1 atom stereocenters. The highest BCUT2D eigenvalue weighted by Gasteiger charge is 2.20. The van der Waals surface area contributed by atoms with Gasteiger partial charge in [-0.25, -0.2) is 0 Å². The van der Waals surface area contributed by atoms with Crippen LogP contribution < -0.4 is 10.1 Å². The van der Waals surface area contributed by atoms with E-state index in [1.807, 2.05) is 26.8 Å². The van der Waals surface area contributed by atoms with Gasteiger partial charge in [0.1, 0.15) is 12.3 Å². The van der Waals surface area contributed by atoms with E-state index < -0.39 is 12.1 Å². The molecule has 0 saturated heterocycles. The van der Waals surface area contributed by atoms with Crippen LogP contribution in [0.4, 0.5) is 0 Å². The predicted octanol–water partition coefficient (Wildman–Crippen LogP) is 3.25. The van der Waals surface area contributed by atoms with Gasteiger partial charge < -0.3 is 14.8 Å². The molecule has 0 bridgehead atoms. The summed E-state index contributed by atoms with van der Waals surface area (Å²) in [4.78, 5) is 36.5. The van der Waals surface area contributed by atoms with Gasteiger partial charge in [0.15, 0.2) is 6.10 Å². The molecular weight excluding hydrogens is 358 g/mol. The number of carbonyl (C=O) groups is 3. The molecule has 0 radical (unpaired) electrons. The van der Waals surface area contributed by atoms with Gasteiger partial charge in [0.05, 0.1) is 6.61 Å². The number of rotatable bonds is 8. The number of benzene rings is 2. The Morgan fingerprint density at radius 2 is 1.61 bits per heavy atom. The maximum atomic E-state index is 12.4. The molecule has 148 valence electrons. The van der Waals surface area contributed by atoms with Gasteiger partial charge in [-0.05, 0) is 75.2 Å². The maximum absolute atomic E-state index is 12.4. The van der Waals surface area contributed by atoms with Gasteiger partial charge in [-0.1, -0.05) is 6.07 Å².